The number of hydrogen-bond donors (Lipinski definition) is 2. The number of halogens is 4. The highest BCUT2D eigenvalue weighted by Gasteiger charge is 2.32. The molecule has 3 aromatic carbocycles. The third-order valence-corrected chi connectivity index (χ3v) is 5.42. The van der Waals surface area contributed by atoms with Crippen molar-refractivity contribution in [3.63, 3.8) is 0 Å². The fraction of sp³-hybridized carbons (Fsp3) is 0.125. The number of carbonyl (C=O) groups is 2. The van der Waals surface area contributed by atoms with Crippen LogP contribution in [-0.4, -0.2) is 30.9 Å². The first-order chi connectivity index (χ1) is 16.1. The largest absolute Gasteiger partial charge is 0.416 e. The number of nitrogens with zero attached hydrogens (tertiary/aromatic N) is 2. The number of likely N-dealkylation sites (N-methyl/N-ethyl adjacent to an activating group) is 1. The van der Waals surface area contributed by atoms with Gasteiger partial charge < -0.3 is 15.5 Å². The molecule has 10 heteroatoms. The molecule has 1 aliphatic rings. The zero-order valence-corrected chi connectivity index (χ0v) is 18.5. The van der Waals surface area contributed by atoms with Gasteiger partial charge >= 0.3 is 12.2 Å². The number of benzene rings is 3. The van der Waals surface area contributed by atoms with Gasteiger partial charge in [-0.25, -0.2) is 9.79 Å². The van der Waals surface area contributed by atoms with Crippen LogP contribution >= 0.6 is 11.6 Å². The first-order valence-corrected chi connectivity index (χ1v) is 10.5. The second-order valence-corrected chi connectivity index (χ2v) is 7.92. The van der Waals surface area contributed by atoms with E-state index in [9.17, 15) is 22.8 Å². The van der Waals surface area contributed by atoms with Crippen molar-refractivity contribution in [3.05, 3.63) is 94.5 Å². The topological polar surface area (TPSA) is 73.8 Å². The molecule has 174 valence electrons. The number of urea groups is 1. The van der Waals surface area contributed by atoms with Crippen LogP contribution in [0.1, 0.15) is 16.7 Å². The number of aliphatic imine (C=N–C) groups is 1. The summed E-state index contributed by atoms with van der Waals surface area (Å²) in [4.78, 5) is 31.6. The number of hydrogen-bond acceptors (Lipinski definition) is 3. The molecule has 4 rings (SSSR count). The highest BCUT2D eigenvalue weighted by atomic mass is 35.5. The molecule has 34 heavy (non-hydrogen) atoms. The summed E-state index contributed by atoms with van der Waals surface area (Å²) >= 11 is 6.21. The van der Waals surface area contributed by atoms with E-state index in [-0.39, 0.29) is 5.69 Å². The first kappa shape index (κ1) is 23.3. The van der Waals surface area contributed by atoms with Crippen LogP contribution in [-0.2, 0) is 11.0 Å². The number of amides is 3. The van der Waals surface area contributed by atoms with E-state index in [1.54, 1.807) is 25.2 Å². The van der Waals surface area contributed by atoms with Crippen molar-refractivity contribution < 1.29 is 22.8 Å². The minimum absolute atomic E-state index is 0.127. The minimum atomic E-state index is -4.49. The Kier molecular flexibility index (Phi) is 6.30. The molecule has 0 saturated heterocycles. The Morgan fingerprint density at radius 3 is 2.35 bits per heavy atom. The van der Waals surface area contributed by atoms with Crippen molar-refractivity contribution in [2.75, 3.05) is 17.3 Å². The van der Waals surface area contributed by atoms with Gasteiger partial charge in [0.1, 0.15) is 0 Å². The third-order valence-electron chi connectivity index (χ3n) is 5.18. The van der Waals surface area contributed by atoms with Crippen LogP contribution < -0.4 is 15.5 Å². The number of carbonyl (C=O) groups excluding carboxylic acids is 2. The van der Waals surface area contributed by atoms with Crippen LogP contribution in [0.2, 0.25) is 5.02 Å². The SMILES string of the molecule is CN1C(=O)C(NC(=O)Nc2ccc(C(F)(F)F)cc2)N=C(c2ccccc2)c2cc(Cl)ccc21. The molecule has 0 fully saturated rings. The van der Waals surface area contributed by atoms with Gasteiger partial charge in [-0.15, -0.1) is 0 Å². The molecule has 1 heterocycles. The average Bonchev–Trinajstić information content (AvgIpc) is 2.90. The maximum atomic E-state index is 13.1. The number of alkyl halides is 3. The lowest BCUT2D eigenvalue weighted by atomic mass is 10.0. The van der Waals surface area contributed by atoms with E-state index in [1.807, 2.05) is 30.3 Å². The highest BCUT2D eigenvalue weighted by molar-refractivity contribution is 6.32. The number of rotatable bonds is 3. The zero-order valence-electron chi connectivity index (χ0n) is 17.7. The van der Waals surface area contributed by atoms with Crippen molar-refractivity contribution >= 4 is 40.6 Å². The Morgan fingerprint density at radius 2 is 1.71 bits per heavy atom. The van der Waals surface area contributed by atoms with E-state index >= 15 is 0 Å². The van der Waals surface area contributed by atoms with Gasteiger partial charge in [0.15, 0.2) is 0 Å². The van der Waals surface area contributed by atoms with Gasteiger partial charge in [0, 0.05) is 28.9 Å². The smallest absolute Gasteiger partial charge is 0.311 e. The summed E-state index contributed by atoms with van der Waals surface area (Å²) < 4.78 is 38.3. The number of anilines is 2. The van der Waals surface area contributed by atoms with E-state index < -0.39 is 29.8 Å². The molecule has 1 atom stereocenters. The molecular formula is C24H18ClF3N4O2. The van der Waals surface area contributed by atoms with Crippen LogP contribution in [0.15, 0.2) is 77.8 Å². The molecule has 0 bridgehead atoms. The lowest BCUT2D eigenvalue weighted by Crippen LogP contribution is -2.47. The molecule has 3 amide bonds. The molecule has 6 nitrogen and oxygen atoms in total. The van der Waals surface area contributed by atoms with Crippen LogP contribution in [0, 0.1) is 0 Å². The van der Waals surface area contributed by atoms with E-state index in [4.69, 9.17) is 11.6 Å². The fourth-order valence-corrected chi connectivity index (χ4v) is 3.67. The van der Waals surface area contributed by atoms with Gasteiger partial charge in [-0.2, -0.15) is 13.2 Å². The molecule has 0 aromatic heterocycles. The molecule has 0 saturated carbocycles. The predicted molar refractivity (Wildman–Crippen MR) is 124 cm³/mol. The van der Waals surface area contributed by atoms with Gasteiger partial charge in [-0.3, -0.25) is 4.79 Å². The Hall–Kier alpha value is -3.85. The lowest BCUT2D eigenvalue weighted by molar-refractivity contribution is -0.137. The van der Waals surface area contributed by atoms with Crippen LogP contribution in [0.5, 0.6) is 0 Å². The van der Waals surface area contributed by atoms with Crippen LogP contribution in [0.25, 0.3) is 0 Å². The third kappa shape index (κ3) is 4.89. The summed E-state index contributed by atoms with van der Waals surface area (Å²) in [7, 11) is 1.56. The monoisotopic (exact) mass is 486 g/mol. The minimum Gasteiger partial charge on any atom is -0.311 e. The zero-order chi connectivity index (χ0) is 24.5. The van der Waals surface area contributed by atoms with Gasteiger partial charge in [-0.05, 0) is 42.5 Å². The molecule has 0 spiro atoms. The van der Waals surface area contributed by atoms with E-state index in [2.05, 4.69) is 15.6 Å². The summed E-state index contributed by atoms with van der Waals surface area (Å²) in [5.74, 6) is -0.503. The first-order valence-electron chi connectivity index (χ1n) is 10.1. The van der Waals surface area contributed by atoms with Gasteiger partial charge in [0.25, 0.3) is 5.91 Å². The van der Waals surface area contributed by atoms with Crippen LogP contribution in [0.3, 0.4) is 0 Å². The fourth-order valence-electron chi connectivity index (χ4n) is 3.50. The van der Waals surface area contributed by atoms with Crippen molar-refractivity contribution in [1.82, 2.24) is 5.32 Å². The second-order valence-electron chi connectivity index (χ2n) is 7.48. The second kappa shape index (κ2) is 9.18. The molecule has 3 aromatic rings. The van der Waals surface area contributed by atoms with E-state index in [0.29, 0.717) is 27.5 Å². The van der Waals surface area contributed by atoms with Gasteiger partial charge in [0.05, 0.1) is 17.0 Å². The molecule has 1 unspecified atom stereocenters. The van der Waals surface area contributed by atoms with Crippen molar-refractivity contribution in [2.45, 2.75) is 12.3 Å². The maximum Gasteiger partial charge on any atom is 0.416 e. The summed E-state index contributed by atoms with van der Waals surface area (Å²) in [6.07, 6.45) is -5.78. The van der Waals surface area contributed by atoms with Crippen molar-refractivity contribution in [2.24, 2.45) is 4.99 Å². The quantitative estimate of drug-likeness (QED) is 0.526. The average molecular weight is 487 g/mol. The summed E-state index contributed by atoms with van der Waals surface area (Å²) in [5.41, 5.74) is 1.63. The molecular weight excluding hydrogens is 469 g/mol. The molecule has 1 aliphatic heterocycles. The summed E-state index contributed by atoms with van der Waals surface area (Å²) in [5, 5.41) is 5.38. The van der Waals surface area contributed by atoms with Crippen LogP contribution in [0.4, 0.5) is 29.3 Å². The normalized spacial score (nSPS) is 15.8. The Balaban J connectivity index is 1.64. The van der Waals surface area contributed by atoms with Gasteiger partial charge in [-0.1, -0.05) is 41.9 Å². The standard InChI is InChI=1S/C24H18ClF3N4O2/c1-32-19-12-9-16(25)13-18(19)20(14-5-3-2-4-6-14)30-21(22(32)33)31-23(34)29-17-10-7-15(8-11-17)24(26,27)28/h2-13,21H,1H3,(H2,29,31,34). The molecule has 0 radical (unpaired) electrons. The lowest BCUT2D eigenvalue weighted by Gasteiger charge is -2.21. The Bertz CT molecular complexity index is 1260. The number of benzodiazepines with no additional fused rings is 1. The Labute approximate surface area is 198 Å². The van der Waals surface area contributed by atoms with Gasteiger partial charge in [0.2, 0.25) is 6.17 Å². The highest BCUT2D eigenvalue weighted by Crippen LogP contribution is 2.31. The van der Waals surface area contributed by atoms with E-state index in [1.165, 1.54) is 4.90 Å². The Morgan fingerprint density at radius 1 is 1.03 bits per heavy atom. The number of fused-ring (bicyclic) bond motifs is 1. The van der Waals surface area contributed by atoms with Crippen molar-refractivity contribution in [1.29, 1.82) is 0 Å². The predicted octanol–water partition coefficient (Wildman–Crippen LogP) is 5.32. The van der Waals surface area contributed by atoms with Crippen molar-refractivity contribution in [3.8, 4) is 0 Å². The molecule has 0 aliphatic carbocycles. The van der Waals surface area contributed by atoms with E-state index in [0.717, 1.165) is 24.3 Å². The summed E-state index contributed by atoms with van der Waals surface area (Å²) in [6.45, 7) is 0. The summed E-state index contributed by atoms with van der Waals surface area (Å²) in [6, 6.07) is 17.3. The molecule has 2 N–H and O–H groups in total. The maximum absolute atomic E-state index is 13.1. The number of nitrogens with one attached hydrogen (secondary N) is 2.